The highest BCUT2D eigenvalue weighted by Gasteiger charge is 2.24. The van der Waals surface area contributed by atoms with Crippen molar-refractivity contribution in [1.82, 2.24) is 4.98 Å². The quantitative estimate of drug-likeness (QED) is 0.607. The van der Waals surface area contributed by atoms with Gasteiger partial charge in [-0.15, -0.1) is 0 Å². The Bertz CT molecular complexity index is 951. The van der Waals surface area contributed by atoms with Crippen LogP contribution < -0.4 is 9.47 Å². The van der Waals surface area contributed by atoms with Gasteiger partial charge >= 0.3 is 5.97 Å². The standard InChI is InChI=1S/C23H27NO4/c1-23(2,3)28-22(25)14-19(15-6-8-17(26-4)9-7-15)21-13-16-12-18(27-5)10-11-20(16)24-21/h6-13,19,24H,14H2,1-5H3. The van der Waals surface area contributed by atoms with Crippen LogP contribution >= 0.6 is 0 Å². The summed E-state index contributed by atoms with van der Waals surface area (Å²) >= 11 is 0. The first-order valence-electron chi connectivity index (χ1n) is 9.31. The average molecular weight is 381 g/mol. The number of hydrogen-bond acceptors (Lipinski definition) is 4. The van der Waals surface area contributed by atoms with Crippen LogP contribution in [-0.4, -0.2) is 30.8 Å². The summed E-state index contributed by atoms with van der Waals surface area (Å²) in [6.45, 7) is 5.63. The van der Waals surface area contributed by atoms with Crippen molar-refractivity contribution < 1.29 is 19.0 Å². The minimum atomic E-state index is -0.518. The number of H-pyrrole nitrogens is 1. The summed E-state index contributed by atoms with van der Waals surface area (Å²) in [5, 5.41) is 1.04. The molecule has 2 aromatic carbocycles. The topological polar surface area (TPSA) is 60.6 Å². The molecule has 1 atom stereocenters. The molecule has 0 radical (unpaired) electrons. The van der Waals surface area contributed by atoms with Crippen LogP contribution in [0, 0.1) is 0 Å². The maximum atomic E-state index is 12.6. The molecule has 0 saturated carbocycles. The van der Waals surface area contributed by atoms with Crippen LogP contribution in [0.15, 0.2) is 48.5 Å². The number of rotatable bonds is 6. The molecule has 0 aliphatic heterocycles. The number of methoxy groups -OCH3 is 2. The van der Waals surface area contributed by atoms with Gasteiger partial charge in [0.05, 0.1) is 20.6 Å². The van der Waals surface area contributed by atoms with E-state index >= 15 is 0 Å². The third-order valence-corrected chi connectivity index (χ3v) is 4.53. The molecular formula is C23H27NO4. The van der Waals surface area contributed by atoms with E-state index in [0.717, 1.165) is 33.7 Å². The van der Waals surface area contributed by atoms with Crippen molar-refractivity contribution in [1.29, 1.82) is 0 Å². The van der Waals surface area contributed by atoms with Crippen LogP contribution in [0.2, 0.25) is 0 Å². The Balaban J connectivity index is 1.98. The molecule has 1 unspecified atom stereocenters. The van der Waals surface area contributed by atoms with E-state index in [9.17, 15) is 4.79 Å². The fraction of sp³-hybridized carbons (Fsp3) is 0.348. The second kappa shape index (κ2) is 7.97. The predicted octanol–water partition coefficient (Wildman–Crippen LogP) is 5.05. The number of fused-ring (bicyclic) bond motifs is 1. The molecule has 1 aromatic heterocycles. The Morgan fingerprint density at radius 2 is 1.61 bits per heavy atom. The molecule has 5 nitrogen and oxygen atoms in total. The maximum Gasteiger partial charge on any atom is 0.307 e. The van der Waals surface area contributed by atoms with Gasteiger partial charge in [-0.25, -0.2) is 0 Å². The number of nitrogens with one attached hydrogen (secondary N) is 1. The van der Waals surface area contributed by atoms with Gasteiger partial charge in [-0.3, -0.25) is 4.79 Å². The predicted molar refractivity (Wildman–Crippen MR) is 110 cm³/mol. The van der Waals surface area contributed by atoms with E-state index in [1.54, 1.807) is 14.2 Å². The van der Waals surface area contributed by atoms with Crippen molar-refractivity contribution in [3.05, 3.63) is 59.8 Å². The number of aromatic amines is 1. The molecule has 3 rings (SSSR count). The highest BCUT2D eigenvalue weighted by atomic mass is 16.6. The zero-order valence-corrected chi connectivity index (χ0v) is 17.0. The number of hydrogen-bond donors (Lipinski definition) is 1. The molecule has 28 heavy (non-hydrogen) atoms. The largest absolute Gasteiger partial charge is 0.497 e. The Morgan fingerprint density at radius 3 is 2.21 bits per heavy atom. The van der Waals surface area contributed by atoms with Crippen LogP contribution in [0.3, 0.4) is 0 Å². The molecule has 5 heteroatoms. The number of esters is 1. The molecule has 1 heterocycles. The second-order valence-corrected chi connectivity index (χ2v) is 7.79. The van der Waals surface area contributed by atoms with Gasteiger partial charge in [0.2, 0.25) is 0 Å². The van der Waals surface area contributed by atoms with E-state index in [4.69, 9.17) is 14.2 Å². The molecule has 0 saturated heterocycles. The number of carbonyl (C=O) groups excluding carboxylic acids is 1. The molecule has 0 aliphatic carbocycles. The number of benzene rings is 2. The van der Waals surface area contributed by atoms with Gasteiger partial charge in [0.25, 0.3) is 0 Å². The van der Waals surface area contributed by atoms with Gasteiger partial charge in [-0.05, 0) is 62.7 Å². The van der Waals surface area contributed by atoms with Crippen LogP contribution in [-0.2, 0) is 9.53 Å². The van der Waals surface area contributed by atoms with Crippen molar-refractivity contribution >= 4 is 16.9 Å². The van der Waals surface area contributed by atoms with Gasteiger partial charge in [0.15, 0.2) is 0 Å². The van der Waals surface area contributed by atoms with E-state index in [1.165, 1.54) is 0 Å². The normalized spacial score (nSPS) is 12.6. The zero-order valence-electron chi connectivity index (χ0n) is 17.0. The van der Waals surface area contributed by atoms with E-state index in [2.05, 4.69) is 11.1 Å². The molecule has 0 aliphatic rings. The Kier molecular flexibility index (Phi) is 5.63. The van der Waals surface area contributed by atoms with E-state index in [-0.39, 0.29) is 18.3 Å². The highest BCUT2D eigenvalue weighted by molar-refractivity contribution is 5.82. The smallest absolute Gasteiger partial charge is 0.307 e. The molecular weight excluding hydrogens is 354 g/mol. The average Bonchev–Trinajstić information content (AvgIpc) is 3.07. The van der Waals surface area contributed by atoms with Gasteiger partial charge in [-0.1, -0.05) is 12.1 Å². The van der Waals surface area contributed by atoms with Crippen LogP contribution in [0.1, 0.15) is 44.4 Å². The monoisotopic (exact) mass is 381 g/mol. The highest BCUT2D eigenvalue weighted by Crippen LogP contribution is 2.33. The Morgan fingerprint density at radius 1 is 0.964 bits per heavy atom. The fourth-order valence-corrected chi connectivity index (χ4v) is 3.24. The first kappa shape index (κ1) is 19.8. The second-order valence-electron chi connectivity index (χ2n) is 7.79. The van der Waals surface area contributed by atoms with E-state index in [0.29, 0.717) is 0 Å². The summed E-state index contributed by atoms with van der Waals surface area (Å²) in [7, 11) is 3.29. The van der Waals surface area contributed by atoms with Crippen LogP contribution in [0.5, 0.6) is 11.5 Å². The number of carbonyl (C=O) groups is 1. The maximum absolute atomic E-state index is 12.6. The van der Waals surface area contributed by atoms with Gasteiger partial charge in [0.1, 0.15) is 17.1 Å². The van der Waals surface area contributed by atoms with Crippen molar-refractivity contribution in [3.63, 3.8) is 0 Å². The third kappa shape index (κ3) is 4.66. The van der Waals surface area contributed by atoms with Gasteiger partial charge in [-0.2, -0.15) is 0 Å². The summed E-state index contributed by atoms with van der Waals surface area (Å²) < 4.78 is 16.2. The van der Waals surface area contributed by atoms with E-state index in [1.807, 2.05) is 63.2 Å². The van der Waals surface area contributed by atoms with Gasteiger partial charge < -0.3 is 19.2 Å². The van der Waals surface area contributed by atoms with Crippen molar-refractivity contribution in [2.24, 2.45) is 0 Å². The molecule has 0 bridgehead atoms. The first-order chi connectivity index (χ1) is 13.3. The Hall–Kier alpha value is -2.95. The molecule has 3 aromatic rings. The van der Waals surface area contributed by atoms with Gasteiger partial charge in [0, 0.05) is 22.5 Å². The minimum Gasteiger partial charge on any atom is -0.497 e. The third-order valence-electron chi connectivity index (χ3n) is 4.53. The molecule has 1 N–H and O–H groups in total. The SMILES string of the molecule is COc1ccc(C(CC(=O)OC(C)(C)C)c2cc3cc(OC)ccc3[nH]2)cc1. The fourth-order valence-electron chi connectivity index (χ4n) is 3.24. The minimum absolute atomic E-state index is 0.154. The van der Waals surface area contributed by atoms with Crippen LogP contribution in [0.25, 0.3) is 10.9 Å². The zero-order chi connectivity index (χ0) is 20.3. The summed E-state index contributed by atoms with van der Waals surface area (Å²) in [6, 6.07) is 15.7. The lowest BCUT2D eigenvalue weighted by Crippen LogP contribution is -2.25. The first-order valence-corrected chi connectivity index (χ1v) is 9.31. The number of ether oxygens (including phenoxy) is 3. The van der Waals surface area contributed by atoms with Crippen molar-refractivity contribution in [2.75, 3.05) is 14.2 Å². The lowest BCUT2D eigenvalue weighted by atomic mass is 9.92. The van der Waals surface area contributed by atoms with Crippen molar-refractivity contribution in [3.8, 4) is 11.5 Å². The lowest BCUT2D eigenvalue weighted by molar-refractivity contribution is -0.155. The Labute approximate surface area is 165 Å². The summed E-state index contributed by atoms with van der Waals surface area (Å²) in [5.41, 5.74) is 2.46. The number of aromatic nitrogens is 1. The molecule has 0 amide bonds. The summed E-state index contributed by atoms with van der Waals surface area (Å²) in [4.78, 5) is 16.0. The molecule has 148 valence electrons. The lowest BCUT2D eigenvalue weighted by Gasteiger charge is -2.22. The summed E-state index contributed by atoms with van der Waals surface area (Å²) in [6.07, 6.45) is 0.244. The van der Waals surface area contributed by atoms with E-state index < -0.39 is 5.60 Å². The van der Waals surface area contributed by atoms with Crippen LogP contribution in [0.4, 0.5) is 0 Å². The van der Waals surface area contributed by atoms with Crippen molar-refractivity contribution in [2.45, 2.75) is 38.7 Å². The molecule has 0 fully saturated rings. The molecule has 0 spiro atoms. The summed E-state index contributed by atoms with van der Waals surface area (Å²) in [5.74, 6) is 1.19.